The quantitative estimate of drug-likeness (QED) is 0.875. The topological polar surface area (TPSA) is 77.2 Å². The second-order valence-electron chi connectivity index (χ2n) is 6.30. The number of ether oxygens (including phenoxy) is 1. The standard InChI is InChI=1S/C14H23N3O2S/c1-14(2,3)19-13(18)16-7-10(15)6-11-8-20-12(17-11)9-4-5-9/h8-10H,4-7,15H2,1-3H3,(H,16,18). The van der Waals surface area contributed by atoms with Crippen LogP contribution in [0.4, 0.5) is 4.79 Å². The average Bonchev–Trinajstić information content (AvgIpc) is 3.06. The Morgan fingerprint density at radius 3 is 2.90 bits per heavy atom. The highest BCUT2D eigenvalue weighted by molar-refractivity contribution is 7.09. The maximum Gasteiger partial charge on any atom is 0.407 e. The second-order valence-corrected chi connectivity index (χ2v) is 7.19. The maximum atomic E-state index is 11.5. The van der Waals surface area contributed by atoms with Gasteiger partial charge in [-0.3, -0.25) is 0 Å². The number of hydrogen-bond acceptors (Lipinski definition) is 5. The lowest BCUT2D eigenvalue weighted by Gasteiger charge is -2.20. The summed E-state index contributed by atoms with van der Waals surface area (Å²) in [4.78, 5) is 16.1. The molecule has 1 atom stereocenters. The Balaban J connectivity index is 1.71. The molecule has 0 spiro atoms. The molecule has 3 N–H and O–H groups in total. The average molecular weight is 297 g/mol. The van der Waals surface area contributed by atoms with Crippen LogP contribution in [-0.4, -0.2) is 29.3 Å². The van der Waals surface area contributed by atoms with Gasteiger partial charge in [-0.25, -0.2) is 9.78 Å². The van der Waals surface area contributed by atoms with E-state index in [0.717, 1.165) is 5.69 Å². The number of nitrogens with two attached hydrogens (primary N) is 1. The molecule has 1 aromatic rings. The first-order valence-electron chi connectivity index (χ1n) is 7.00. The molecule has 0 saturated heterocycles. The van der Waals surface area contributed by atoms with Crippen LogP contribution in [0.5, 0.6) is 0 Å². The van der Waals surface area contributed by atoms with Gasteiger partial charge in [-0.2, -0.15) is 0 Å². The van der Waals surface area contributed by atoms with Crippen LogP contribution in [0, 0.1) is 0 Å². The zero-order valence-corrected chi connectivity index (χ0v) is 13.1. The van der Waals surface area contributed by atoms with Gasteiger partial charge < -0.3 is 15.8 Å². The fourth-order valence-electron chi connectivity index (χ4n) is 1.80. The predicted molar refractivity (Wildman–Crippen MR) is 80.0 cm³/mol. The van der Waals surface area contributed by atoms with Crippen molar-refractivity contribution in [3.05, 3.63) is 16.1 Å². The van der Waals surface area contributed by atoms with Crippen molar-refractivity contribution in [2.45, 2.75) is 57.6 Å². The minimum atomic E-state index is -0.484. The molecule has 1 aromatic heterocycles. The van der Waals surface area contributed by atoms with Gasteiger partial charge in [0, 0.05) is 30.3 Å². The van der Waals surface area contributed by atoms with Gasteiger partial charge in [0.25, 0.3) is 0 Å². The van der Waals surface area contributed by atoms with Gasteiger partial charge in [0.05, 0.1) is 10.7 Å². The molecule has 20 heavy (non-hydrogen) atoms. The number of rotatable bonds is 5. The molecule has 0 radical (unpaired) electrons. The minimum Gasteiger partial charge on any atom is -0.444 e. The van der Waals surface area contributed by atoms with E-state index in [4.69, 9.17) is 10.5 Å². The smallest absolute Gasteiger partial charge is 0.407 e. The Hall–Kier alpha value is -1.14. The number of amides is 1. The zero-order chi connectivity index (χ0) is 14.8. The van der Waals surface area contributed by atoms with Crippen LogP contribution in [0.15, 0.2) is 5.38 Å². The largest absolute Gasteiger partial charge is 0.444 e. The van der Waals surface area contributed by atoms with Crippen molar-refractivity contribution in [1.82, 2.24) is 10.3 Å². The van der Waals surface area contributed by atoms with E-state index in [-0.39, 0.29) is 6.04 Å². The second kappa shape index (κ2) is 6.10. The summed E-state index contributed by atoms with van der Waals surface area (Å²) in [5.74, 6) is 0.685. The van der Waals surface area contributed by atoms with Crippen molar-refractivity contribution < 1.29 is 9.53 Å². The number of nitrogens with zero attached hydrogens (tertiary/aromatic N) is 1. The Morgan fingerprint density at radius 2 is 2.30 bits per heavy atom. The summed E-state index contributed by atoms with van der Waals surface area (Å²) in [6.07, 6.45) is 2.78. The summed E-state index contributed by atoms with van der Waals surface area (Å²) in [5, 5.41) is 5.99. The highest BCUT2D eigenvalue weighted by Crippen LogP contribution is 2.41. The van der Waals surface area contributed by atoms with Crippen LogP contribution in [-0.2, 0) is 11.2 Å². The molecule has 6 heteroatoms. The molecular weight excluding hydrogens is 274 g/mol. The number of nitrogens with one attached hydrogen (secondary N) is 1. The van der Waals surface area contributed by atoms with Crippen molar-refractivity contribution in [3.8, 4) is 0 Å². The van der Waals surface area contributed by atoms with E-state index in [2.05, 4.69) is 15.7 Å². The fraction of sp³-hybridized carbons (Fsp3) is 0.714. The molecule has 1 saturated carbocycles. The highest BCUT2D eigenvalue weighted by Gasteiger charge is 2.26. The molecule has 1 unspecified atom stereocenters. The van der Waals surface area contributed by atoms with E-state index in [0.29, 0.717) is 18.9 Å². The molecule has 0 aromatic carbocycles. The van der Waals surface area contributed by atoms with Crippen LogP contribution in [0.2, 0.25) is 0 Å². The number of alkyl carbamates (subject to hydrolysis) is 1. The molecule has 1 aliphatic rings. The van der Waals surface area contributed by atoms with Crippen molar-refractivity contribution in [2.24, 2.45) is 5.73 Å². The zero-order valence-electron chi connectivity index (χ0n) is 12.3. The van der Waals surface area contributed by atoms with Gasteiger partial charge in [0.2, 0.25) is 0 Å². The normalized spacial score (nSPS) is 16.8. The van der Waals surface area contributed by atoms with Crippen molar-refractivity contribution >= 4 is 17.4 Å². The summed E-state index contributed by atoms with van der Waals surface area (Å²) < 4.78 is 5.16. The van der Waals surface area contributed by atoms with E-state index in [1.54, 1.807) is 11.3 Å². The van der Waals surface area contributed by atoms with Crippen LogP contribution in [0.25, 0.3) is 0 Å². The number of carbonyl (C=O) groups is 1. The Morgan fingerprint density at radius 1 is 1.60 bits per heavy atom. The molecule has 2 rings (SSSR count). The Bertz CT molecular complexity index is 463. The van der Waals surface area contributed by atoms with Crippen LogP contribution in [0.1, 0.15) is 50.2 Å². The van der Waals surface area contributed by atoms with Gasteiger partial charge in [-0.1, -0.05) is 0 Å². The third-order valence-corrected chi connectivity index (χ3v) is 3.93. The lowest BCUT2D eigenvalue weighted by atomic mass is 10.2. The van der Waals surface area contributed by atoms with Crippen molar-refractivity contribution in [1.29, 1.82) is 0 Å². The number of hydrogen-bond donors (Lipinski definition) is 2. The lowest BCUT2D eigenvalue weighted by molar-refractivity contribution is 0.0524. The molecule has 0 aliphatic heterocycles. The van der Waals surface area contributed by atoms with E-state index >= 15 is 0 Å². The van der Waals surface area contributed by atoms with Gasteiger partial charge >= 0.3 is 6.09 Å². The van der Waals surface area contributed by atoms with Crippen LogP contribution >= 0.6 is 11.3 Å². The van der Waals surface area contributed by atoms with Crippen molar-refractivity contribution in [2.75, 3.05) is 6.54 Å². The first-order valence-corrected chi connectivity index (χ1v) is 7.88. The fourth-order valence-corrected chi connectivity index (χ4v) is 2.81. The third kappa shape index (κ3) is 5.09. The summed E-state index contributed by atoms with van der Waals surface area (Å²) in [7, 11) is 0. The summed E-state index contributed by atoms with van der Waals surface area (Å²) in [6.45, 7) is 5.90. The first kappa shape index (κ1) is 15.3. The van der Waals surface area contributed by atoms with E-state index < -0.39 is 11.7 Å². The third-order valence-electron chi connectivity index (χ3n) is 2.87. The summed E-state index contributed by atoms with van der Waals surface area (Å²) >= 11 is 1.72. The molecule has 1 fully saturated rings. The molecule has 1 heterocycles. The minimum absolute atomic E-state index is 0.142. The van der Waals surface area contributed by atoms with E-state index in [1.165, 1.54) is 17.8 Å². The molecule has 112 valence electrons. The number of carbonyl (C=O) groups excluding carboxylic acids is 1. The van der Waals surface area contributed by atoms with Gasteiger partial charge in [-0.05, 0) is 33.6 Å². The van der Waals surface area contributed by atoms with Crippen LogP contribution < -0.4 is 11.1 Å². The van der Waals surface area contributed by atoms with Gasteiger partial charge in [0.15, 0.2) is 0 Å². The molecule has 5 nitrogen and oxygen atoms in total. The Kier molecular flexibility index (Phi) is 4.65. The number of aromatic nitrogens is 1. The number of thiazole rings is 1. The van der Waals surface area contributed by atoms with Gasteiger partial charge in [0.1, 0.15) is 5.60 Å². The predicted octanol–water partition coefficient (Wildman–Crippen LogP) is 2.42. The van der Waals surface area contributed by atoms with E-state index in [9.17, 15) is 4.79 Å². The van der Waals surface area contributed by atoms with Crippen molar-refractivity contribution in [3.63, 3.8) is 0 Å². The summed E-state index contributed by atoms with van der Waals surface area (Å²) in [6, 6.07) is -0.142. The SMILES string of the molecule is CC(C)(C)OC(=O)NCC(N)Cc1csc(C2CC2)n1. The molecule has 1 amide bonds. The molecule has 1 aliphatic carbocycles. The van der Waals surface area contributed by atoms with Crippen LogP contribution in [0.3, 0.4) is 0 Å². The van der Waals surface area contributed by atoms with E-state index in [1.807, 2.05) is 20.8 Å². The molecule has 0 bridgehead atoms. The first-order chi connectivity index (χ1) is 9.33. The molecular formula is C14H23N3O2S. The Labute approximate surface area is 123 Å². The monoisotopic (exact) mass is 297 g/mol. The lowest BCUT2D eigenvalue weighted by Crippen LogP contribution is -2.41. The van der Waals surface area contributed by atoms with Gasteiger partial charge in [-0.15, -0.1) is 11.3 Å². The highest BCUT2D eigenvalue weighted by atomic mass is 32.1. The summed E-state index contributed by atoms with van der Waals surface area (Å²) in [5.41, 5.74) is 6.55. The maximum absolute atomic E-state index is 11.5.